The molecule has 1 heterocycles. The second-order valence-electron chi connectivity index (χ2n) is 10.2. The van der Waals surface area contributed by atoms with Gasteiger partial charge in [0.15, 0.2) is 16.6 Å². The fraction of sp³-hybridized carbons (Fsp3) is 1.00. The van der Waals surface area contributed by atoms with Crippen molar-refractivity contribution in [2.45, 2.75) is 102 Å². The van der Waals surface area contributed by atoms with Gasteiger partial charge in [-0.1, -0.05) is 41.5 Å². The van der Waals surface area contributed by atoms with Crippen LogP contribution in [0.5, 0.6) is 0 Å². The molecule has 4 nitrogen and oxygen atoms in total. The van der Waals surface area contributed by atoms with E-state index in [-0.39, 0.29) is 41.0 Å². The van der Waals surface area contributed by atoms with Crippen LogP contribution in [0.1, 0.15) is 41.5 Å². The van der Waals surface area contributed by atoms with Gasteiger partial charge >= 0.3 is 0 Å². The number of hydrogen-bond donors (Lipinski definition) is 1. The van der Waals surface area contributed by atoms with E-state index in [1.54, 1.807) is 0 Å². The Bertz CT molecular complexity index is 429. The minimum absolute atomic E-state index is 0.0268. The molecule has 0 bridgehead atoms. The van der Waals surface area contributed by atoms with Crippen molar-refractivity contribution in [3.63, 3.8) is 0 Å². The van der Waals surface area contributed by atoms with Crippen molar-refractivity contribution in [1.29, 1.82) is 0 Å². The Balaban J connectivity index is 3.08. The highest BCUT2D eigenvalue weighted by Gasteiger charge is 2.51. The highest BCUT2D eigenvalue weighted by molar-refractivity contribution is 6.74. The Morgan fingerprint density at radius 1 is 0.875 bits per heavy atom. The van der Waals surface area contributed by atoms with Crippen LogP contribution >= 0.6 is 0 Å². The van der Waals surface area contributed by atoms with Crippen molar-refractivity contribution in [2.24, 2.45) is 0 Å². The molecule has 1 N–H and O–H groups in total. The average Bonchev–Trinajstić information content (AvgIpc) is 2.63. The minimum Gasteiger partial charge on any atom is -0.409 e. The smallest absolute Gasteiger partial charge is 0.192 e. The van der Waals surface area contributed by atoms with Crippen LogP contribution in [0.2, 0.25) is 36.3 Å². The SMILES string of the molecule is B[C@@H]1O[C@H](CO)[C@@H](O[Si](C)(C)C(C)(C)C)C1O[Si](C)(C)C(C)(C)C. The molecule has 1 unspecified atom stereocenters. The van der Waals surface area contributed by atoms with Crippen LogP contribution in [0.15, 0.2) is 0 Å². The molecule has 1 aliphatic rings. The first-order chi connectivity index (χ1) is 10.5. The normalized spacial score (nSPS) is 30.0. The predicted molar refractivity (Wildman–Crippen MR) is 108 cm³/mol. The van der Waals surface area contributed by atoms with Gasteiger partial charge in [-0.25, -0.2) is 0 Å². The van der Waals surface area contributed by atoms with Gasteiger partial charge in [0.1, 0.15) is 20.1 Å². The molecular weight excluding hydrogens is 335 g/mol. The Hall–Kier alpha value is 0.339. The van der Waals surface area contributed by atoms with Gasteiger partial charge in [-0.05, 0) is 36.3 Å². The topological polar surface area (TPSA) is 47.9 Å². The van der Waals surface area contributed by atoms with Gasteiger partial charge < -0.3 is 18.7 Å². The zero-order valence-electron chi connectivity index (χ0n) is 17.7. The lowest BCUT2D eigenvalue weighted by molar-refractivity contribution is -0.00269. The summed E-state index contributed by atoms with van der Waals surface area (Å²) in [6, 6.07) is -0.0638. The Labute approximate surface area is 152 Å². The summed E-state index contributed by atoms with van der Waals surface area (Å²) in [6.45, 7) is 22.4. The molecule has 0 radical (unpaired) electrons. The number of ether oxygens (including phenoxy) is 1. The highest BCUT2D eigenvalue weighted by Crippen LogP contribution is 2.43. The first kappa shape index (κ1) is 22.4. The van der Waals surface area contributed by atoms with E-state index in [0.29, 0.717) is 0 Å². The molecule has 1 saturated heterocycles. The van der Waals surface area contributed by atoms with E-state index in [2.05, 4.69) is 67.7 Å². The molecule has 1 fully saturated rings. The number of aliphatic hydroxyl groups is 1. The van der Waals surface area contributed by atoms with E-state index in [9.17, 15) is 5.11 Å². The standard InChI is InChI=1S/C17H39BO4Si2/c1-16(2,3)23(7,8)21-13-12(11-19)20-15(18)14(13)22-24(9,10)17(4,5)6/h12-15,19H,11,18H2,1-10H3/t12-,13-,14?,15-/m1/s1. The van der Waals surface area contributed by atoms with E-state index in [1.807, 2.05) is 7.85 Å². The summed E-state index contributed by atoms with van der Waals surface area (Å²) in [7, 11) is -1.88. The average molecular weight is 374 g/mol. The molecule has 0 spiro atoms. The van der Waals surface area contributed by atoms with Crippen molar-refractivity contribution in [3.05, 3.63) is 0 Å². The summed E-state index contributed by atoms with van der Waals surface area (Å²) in [4.78, 5) is 0. The maximum Gasteiger partial charge on any atom is 0.192 e. The first-order valence-corrected chi connectivity index (χ1v) is 15.0. The quantitative estimate of drug-likeness (QED) is 0.751. The first-order valence-electron chi connectivity index (χ1n) is 9.15. The van der Waals surface area contributed by atoms with Crippen LogP contribution in [-0.2, 0) is 13.6 Å². The van der Waals surface area contributed by atoms with E-state index in [0.717, 1.165) is 0 Å². The van der Waals surface area contributed by atoms with Crippen LogP contribution in [0.25, 0.3) is 0 Å². The summed E-state index contributed by atoms with van der Waals surface area (Å²) in [5, 5.41) is 10.0. The van der Waals surface area contributed by atoms with Gasteiger partial charge in [0, 0.05) is 0 Å². The van der Waals surface area contributed by atoms with Crippen LogP contribution < -0.4 is 0 Å². The van der Waals surface area contributed by atoms with Gasteiger partial charge in [0.25, 0.3) is 0 Å². The minimum atomic E-state index is -1.98. The van der Waals surface area contributed by atoms with Crippen LogP contribution in [0.3, 0.4) is 0 Å². The molecule has 0 aromatic heterocycles. The molecule has 0 aromatic rings. The van der Waals surface area contributed by atoms with Crippen molar-refractivity contribution in [2.75, 3.05) is 6.61 Å². The van der Waals surface area contributed by atoms with Crippen molar-refractivity contribution >= 4 is 24.5 Å². The molecule has 0 saturated carbocycles. The largest absolute Gasteiger partial charge is 0.409 e. The third kappa shape index (κ3) is 4.74. The second kappa shape index (κ2) is 7.16. The predicted octanol–water partition coefficient (Wildman–Crippen LogP) is 3.12. The van der Waals surface area contributed by atoms with Crippen LogP contribution in [-0.4, -0.2) is 60.5 Å². The Morgan fingerprint density at radius 3 is 1.58 bits per heavy atom. The van der Waals surface area contributed by atoms with Gasteiger partial charge in [0.2, 0.25) is 0 Å². The summed E-state index contributed by atoms with van der Waals surface area (Å²) in [6.07, 6.45) is -0.610. The van der Waals surface area contributed by atoms with Crippen molar-refractivity contribution < 1.29 is 18.7 Å². The lowest BCUT2D eigenvalue weighted by Gasteiger charge is -2.44. The zero-order valence-corrected chi connectivity index (χ0v) is 19.7. The molecule has 0 aliphatic carbocycles. The maximum absolute atomic E-state index is 9.80. The lowest BCUT2D eigenvalue weighted by Crippen LogP contribution is -2.54. The van der Waals surface area contributed by atoms with Crippen LogP contribution in [0, 0.1) is 0 Å². The Kier molecular flexibility index (Phi) is 6.67. The van der Waals surface area contributed by atoms with Gasteiger partial charge in [-0.3, -0.25) is 0 Å². The number of hydrogen-bond acceptors (Lipinski definition) is 4. The summed E-state index contributed by atoms with van der Waals surface area (Å²) in [5.41, 5.74) is 0. The Morgan fingerprint density at radius 2 is 1.25 bits per heavy atom. The van der Waals surface area contributed by atoms with Gasteiger partial charge in [-0.2, -0.15) is 0 Å². The monoisotopic (exact) mass is 374 g/mol. The number of rotatable bonds is 5. The maximum atomic E-state index is 9.80. The molecule has 24 heavy (non-hydrogen) atoms. The molecule has 7 heteroatoms. The van der Waals surface area contributed by atoms with E-state index >= 15 is 0 Å². The van der Waals surface area contributed by atoms with E-state index < -0.39 is 16.6 Å². The van der Waals surface area contributed by atoms with Crippen molar-refractivity contribution in [3.8, 4) is 0 Å². The zero-order chi connectivity index (χ0) is 19.1. The fourth-order valence-corrected chi connectivity index (χ4v) is 5.08. The molecule has 142 valence electrons. The summed E-state index contributed by atoms with van der Waals surface area (Å²) < 4.78 is 19.3. The molecule has 0 aromatic carbocycles. The molecule has 0 amide bonds. The van der Waals surface area contributed by atoms with Crippen LogP contribution in [0.4, 0.5) is 0 Å². The molecule has 1 aliphatic heterocycles. The summed E-state index contributed by atoms with van der Waals surface area (Å²) >= 11 is 0. The third-order valence-electron chi connectivity index (χ3n) is 6.20. The second-order valence-corrected chi connectivity index (χ2v) is 19.8. The number of aliphatic hydroxyl groups excluding tert-OH is 1. The van der Waals surface area contributed by atoms with E-state index in [1.165, 1.54) is 0 Å². The fourth-order valence-electron chi connectivity index (χ4n) is 2.40. The lowest BCUT2D eigenvalue weighted by atomic mass is 9.93. The molecule has 1 rings (SSSR count). The third-order valence-corrected chi connectivity index (χ3v) is 15.1. The van der Waals surface area contributed by atoms with Gasteiger partial charge in [0.05, 0.1) is 18.7 Å². The summed E-state index contributed by atoms with van der Waals surface area (Å²) in [5.74, 6) is 0. The highest BCUT2D eigenvalue weighted by atomic mass is 28.4. The van der Waals surface area contributed by atoms with E-state index in [4.69, 9.17) is 13.6 Å². The molecular formula is C17H39BO4Si2. The van der Waals surface area contributed by atoms with Crippen molar-refractivity contribution in [1.82, 2.24) is 0 Å². The van der Waals surface area contributed by atoms with Gasteiger partial charge in [-0.15, -0.1) is 0 Å². The molecule has 4 atom stereocenters.